The summed E-state index contributed by atoms with van der Waals surface area (Å²) in [6, 6.07) is 3.88. The Kier molecular flexibility index (Phi) is 7.00. The molecule has 2 saturated heterocycles. The summed E-state index contributed by atoms with van der Waals surface area (Å²) in [5, 5.41) is 0. The molecule has 6 heteroatoms. The zero-order chi connectivity index (χ0) is 18.2. The molecule has 2 fully saturated rings. The minimum absolute atomic E-state index is 0.0920. The third-order valence-corrected chi connectivity index (χ3v) is 5.19. The van der Waals surface area contributed by atoms with Crippen LogP contribution < -0.4 is 0 Å². The van der Waals surface area contributed by atoms with Crippen LogP contribution in [0, 0.1) is 0 Å². The summed E-state index contributed by atoms with van der Waals surface area (Å²) >= 11 is 0. The van der Waals surface area contributed by atoms with Gasteiger partial charge >= 0.3 is 0 Å². The van der Waals surface area contributed by atoms with E-state index in [1.54, 1.807) is 12.4 Å². The van der Waals surface area contributed by atoms with Crippen molar-refractivity contribution in [3.8, 4) is 0 Å². The lowest BCUT2D eigenvalue weighted by molar-refractivity contribution is -0.135. The van der Waals surface area contributed by atoms with Gasteiger partial charge < -0.3 is 14.5 Å². The Hall–Kier alpha value is -1.95. The maximum absolute atomic E-state index is 12.9. The topological polar surface area (TPSA) is 62.7 Å². The Bertz CT molecular complexity index is 587. The lowest BCUT2D eigenvalue weighted by Crippen LogP contribution is -2.40. The van der Waals surface area contributed by atoms with Crippen molar-refractivity contribution < 1.29 is 14.3 Å². The van der Waals surface area contributed by atoms with Crippen LogP contribution in [0.25, 0.3) is 0 Å². The summed E-state index contributed by atoms with van der Waals surface area (Å²) < 4.78 is 5.73. The average Bonchev–Trinajstić information content (AvgIpc) is 3.08. The van der Waals surface area contributed by atoms with E-state index in [-0.39, 0.29) is 17.9 Å². The SMILES string of the molecule is O=C1CCCCCN1CCC(=O)N(Cc1ccncc1)C[C@@H]1CCCO1. The number of aromatic nitrogens is 1. The second-order valence-electron chi connectivity index (χ2n) is 7.21. The lowest BCUT2D eigenvalue weighted by atomic mass is 10.2. The van der Waals surface area contributed by atoms with Gasteiger partial charge in [0.05, 0.1) is 6.10 Å². The molecule has 2 amide bonds. The molecule has 1 aromatic heterocycles. The average molecular weight is 359 g/mol. The van der Waals surface area contributed by atoms with Gasteiger partial charge in [-0.25, -0.2) is 0 Å². The molecule has 0 N–H and O–H groups in total. The third-order valence-electron chi connectivity index (χ3n) is 5.19. The van der Waals surface area contributed by atoms with Crippen LogP contribution in [-0.4, -0.2) is 58.9 Å². The van der Waals surface area contributed by atoms with E-state index in [0.717, 1.165) is 50.8 Å². The molecule has 6 nitrogen and oxygen atoms in total. The molecule has 2 aliphatic heterocycles. The minimum Gasteiger partial charge on any atom is -0.376 e. The first-order valence-electron chi connectivity index (χ1n) is 9.78. The van der Waals surface area contributed by atoms with Crippen LogP contribution in [0.15, 0.2) is 24.5 Å². The second kappa shape index (κ2) is 9.67. The second-order valence-corrected chi connectivity index (χ2v) is 7.21. The van der Waals surface area contributed by atoms with Gasteiger partial charge in [-0.05, 0) is 43.4 Å². The summed E-state index contributed by atoms with van der Waals surface area (Å²) in [7, 11) is 0. The standard InChI is InChI=1S/C20H29N3O3/c24-19-6-2-1-3-12-22(19)13-9-20(25)23(16-18-5-4-14-26-18)15-17-7-10-21-11-8-17/h7-8,10-11,18H,1-6,9,12-16H2/t18-/m0/s1. The summed E-state index contributed by atoms with van der Waals surface area (Å²) in [4.78, 5) is 32.8. The van der Waals surface area contributed by atoms with Crippen LogP contribution in [0.1, 0.15) is 50.5 Å². The van der Waals surface area contributed by atoms with E-state index in [4.69, 9.17) is 4.74 Å². The van der Waals surface area contributed by atoms with Crippen molar-refractivity contribution in [2.45, 2.75) is 57.6 Å². The minimum atomic E-state index is 0.0920. The van der Waals surface area contributed by atoms with Crippen molar-refractivity contribution in [3.63, 3.8) is 0 Å². The lowest BCUT2D eigenvalue weighted by Gasteiger charge is -2.27. The van der Waals surface area contributed by atoms with E-state index in [9.17, 15) is 9.59 Å². The molecule has 1 atom stereocenters. The molecule has 2 aliphatic rings. The van der Waals surface area contributed by atoms with Crippen molar-refractivity contribution in [1.82, 2.24) is 14.8 Å². The molecule has 3 heterocycles. The van der Waals surface area contributed by atoms with E-state index in [1.807, 2.05) is 21.9 Å². The molecule has 142 valence electrons. The van der Waals surface area contributed by atoms with Crippen LogP contribution in [0.5, 0.6) is 0 Å². The highest BCUT2D eigenvalue weighted by atomic mass is 16.5. The number of nitrogens with zero attached hydrogens (tertiary/aromatic N) is 3. The van der Waals surface area contributed by atoms with Crippen LogP contribution in [-0.2, 0) is 20.9 Å². The van der Waals surface area contributed by atoms with Crippen molar-refractivity contribution in [1.29, 1.82) is 0 Å². The van der Waals surface area contributed by atoms with Crippen LogP contribution in [0.2, 0.25) is 0 Å². The molecule has 0 spiro atoms. The zero-order valence-corrected chi connectivity index (χ0v) is 15.4. The first kappa shape index (κ1) is 18.8. The normalized spacial score (nSPS) is 20.8. The Morgan fingerprint density at radius 3 is 2.85 bits per heavy atom. The zero-order valence-electron chi connectivity index (χ0n) is 15.4. The van der Waals surface area contributed by atoms with Gasteiger partial charge in [0.1, 0.15) is 0 Å². The third kappa shape index (κ3) is 5.53. The molecule has 0 aliphatic carbocycles. The van der Waals surface area contributed by atoms with E-state index in [2.05, 4.69) is 4.98 Å². The summed E-state index contributed by atoms with van der Waals surface area (Å²) in [5.41, 5.74) is 1.07. The Labute approximate surface area is 155 Å². The quantitative estimate of drug-likeness (QED) is 0.750. The predicted molar refractivity (Wildman–Crippen MR) is 98.3 cm³/mol. The van der Waals surface area contributed by atoms with Crippen LogP contribution in [0.3, 0.4) is 0 Å². The van der Waals surface area contributed by atoms with Gasteiger partial charge in [-0.1, -0.05) is 6.42 Å². The maximum Gasteiger partial charge on any atom is 0.224 e. The van der Waals surface area contributed by atoms with Gasteiger partial charge in [0, 0.05) is 58.0 Å². The summed E-state index contributed by atoms with van der Waals surface area (Å²) in [6.07, 6.45) is 9.79. The van der Waals surface area contributed by atoms with E-state index >= 15 is 0 Å². The molecule has 0 radical (unpaired) electrons. The first-order valence-corrected chi connectivity index (χ1v) is 9.78. The number of carbonyl (C=O) groups excluding carboxylic acids is 2. The fourth-order valence-corrected chi connectivity index (χ4v) is 3.66. The highest BCUT2D eigenvalue weighted by molar-refractivity contribution is 5.79. The van der Waals surface area contributed by atoms with Crippen molar-refractivity contribution in [3.05, 3.63) is 30.1 Å². The largest absolute Gasteiger partial charge is 0.376 e. The molecule has 0 bridgehead atoms. The van der Waals surface area contributed by atoms with Gasteiger partial charge in [-0.3, -0.25) is 14.6 Å². The molecule has 1 aromatic rings. The number of ether oxygens (including phenoxy) is 1. The van der Waals surface area contributed by atoms with Crippen LogP contribution >= 0.6 is 0 Å². The van der Waals surface area contributed by atoms with E-state index < -0.39 is 0 Å². The van der Waals surface area contributed by atoms with Gasteiger partial charge in [0.15, 0.2) is 0 Å². The molecular weight excluding hydrogens is 330 g/mol. The maximum atomic E-state index is 12.9. The number of hydrogen-bond donors (Lipinski definition) is 0. The molecule has 0 saturated carbocycles. The van der Waals surface area contributed by atoms with Crippen LogP contribution in [0.4, 0.5) is 0 Å². The number of carbonyl (C=O) groups is 2. The first-order chi connectivity index (χ1) is 12.7. The van der Waals surface area contributed by atoms with Gasteiger partial charge in [0.25, 0.3) is 0 Å². The van der Waals surface area contributed by atoms with E-state index in [1.165, 1.54) is 0 Å². The molecular formula is C20H29N3O3. The van der Waals surface area contributed by atoms with Crippen molar-refractivity contribution >= 4 is 11.8 Å². The van der Waals surface area contributed by atoms with Gasteiger partial charge in [-0.2, -0.15) is 0 Å². The number of hydrogen-bond acceptors (Lipinski definition) is 4. The smallest absolute Gasteiger partial charge is 0.224 e. The summed E-state index contributed by atoms with van der Waals surface area (Å²) in [5.74, 6) is 0.282. The summed E-state index contributed by atoms with van der Waals surface area (Å²) in [6.45, 7) is 3.27. The number of amides is 2. The molecule has 3 rings (SSSR count). The number of rotatable bonds is 7. The Morgan fingerprint density at radius 1 is 1.23 bits per heavy atom. The fraction of sp³-hybridized carbons (Fsp3) is 0.650. The highest BCUT2D eigenvalue weighted by Gasteiger charge is 2.24. The number of likely N-dealkylation sites (tertiary alicyclic amines) is 1. The fourth-order valence-electron chi connectivity index (χ4n) is 3.66. The van der Waals surface area contributed by atoms with Gasteiger partial charge in [0.2, 0.25) is 11.8 Å². The monoisotopic (exact) mass is 359 g/mol. The molecule has 26 heavy (non-hydrogen) atoms. The Balaban J connectivity index is 1.58. The molecule has 0 unspecified atom stereocenters. The van der Waals surface area contributed by atoms with Gasteiger partial charge in [-0.15, -0.1) is 0 Å². The highest BCUT2D eigenvalue weighted by Crippen LogP contribution is 2.17. The van der Waals surface area contributed by atoms with E-state index in [0.29, 0.717) is 32.5 Å². The molecule has 0 aromatic carbocycles. The number of pyridine rings is 1. The Morgan fingerprint density at radius 2 is 2.08 bits per heavy atom. The van der Waals surface area contributed by atoms with Crippen molar-refractivity contribution in [2.24, 2.45) is 0 Å². The van der Waals surface area contributed by atoms with Crippen molar-refractivity contribution in [2.75, 3.05) is 26.2 Å². The predicted octanol–water partition coefficient (Wildman–Crippen LogP) is 2.38.